The molecule has 1 aromatic heterocycles. The summed E-state index contributed by atoms with van der Waals surface area (Å²) >= 11 is 0. The van der Waals surface area contributed by atoms with Crippen molar-refractivity contribution >= 4 is 11.5 Å². The monoisotopic (exact) mass is 240 g/mol. The Morgan fingerprint density at radius 3 is 2.65 bits per heavy atom. The fourth-order valence-corrected chi connectivity index (χ4v) is 1.64. The second kappa shape index (κ2) is 6.49. The van der Waals surface area contributed by atoms with Gasteiger partial charge in [0.25, 0.3) is 0 Å². The molecule has 0 radical (unpaired) electrons. The fourth-order valence-electron chi connectivity index (χ4n) is 1.64. The van der Waals surface area contributed by atoms with Gasteiger partial charge in [0, 0.05) is 20.2 Å². The van der Waals surface area contributed by atoms with Crippen molar-refractivity contribution in [2.75, 3.05) is 24.2 Å². The van der Waals surface area contributed by atoms with Gasteiger partial charge < -0.3 is 15.8 Å². The third kappa shape index (κ3) is 4.26. The van der Waals surface area contributed by atoms with Crippen LogP contribution in [0.15, 0.2) is 0 Å². The molecule has 5 heteroatoms. The number of aryl methyl sites for hydroxylation is 2. The molecule has 0 spiro atoms. The SMILES string of the molecule is Cc1nn(C)c(NCCCCOC(C)C)c1N. The van der Waals surface area contributed by atoms with Crippen LogP contribution in [0, 0.1) is 6.92 Å². The summed E-state index contributed by atoms with van der Waals surface area (Å²) in [6.07, 6.45) is 2.44. The lowest BCUT2D eigenvalue weighted by atomic mass is 10.3. The van der Waals surface area contributed by atoms with Crippen LogP contribution in [0.1, 0.15) is 32.4 Å². The third-order valence-electron chi connectivity index (χ3n) is 2.58. The Kier molecular flexibility index (Phi) is 5.28. The molecule has 0 atom stereocenters. The highest BCUT2D eigenvalue weighted by atomic mass is 16.5. The van der Waals surface area contributed by atoms with Crippen LogP contribution in [0.4, 0.5) is 11.5 Å². The molecule has 17 heavy (non-hydrogen) atoms. The van der Waals surface area contributed by atoms with E-state index < -0.39 is 0 Å². The van der Waals surface area contributed by atoms with Gasteiger partial charge in [0.1, 0.15) is 5.82 Å². The Morgan fingerprint density at radius 1 is 1.41 bits per heavy atom. The number of ether oxygens (including phenoxy) is 1. The zero-order valence-corrected chi connectivity index (χ0v) is 11.3. The largest absolute Gasteiger partial charge is 0.394 e. The molecule has 0 amide bonds. The predicted octanol–water partition coefficient (Wildman–Crippen LogP) is 1.93. The third-order valence-corrected chi connectivity index (χ3v) is 2.58. The number of hydrogen-bond donors (Lipinski definition) is 2. The minimum atomic E-state index is 0.318. The Balaban J connectivity index is 2.22. The highest BCUT2D eigenvalue weighted by molar-refractivity contribution is 5.64. The van der Waals surface area contributed by atoms with Crippen molar-refractivity contribution in [3.63, 3.8) is 0 Å². The molecule has 98 valence electrons. The smallest absolute Gasteiger partial charge is 0.147 e. The van der Waals surface area contributed by atoms with Crippen LogP contribution in [0.3, 0.4) is 0 Å². The maximum Gasteiger partial charge on any atom is 0.147 e. The van der Waals surface area contributed by atoms with Gasteiger partial charge in [0.15, 0.2) is 0 Å². The lowest BCUT2D eigenvalue weighted by Gasteiger charge is -2.09. The lowest BCUT2D eigenvalue weighted by molar-refractivity contribution is 0.0765. The molecule has 3 N–H and O–H groups in total. The van der Waals surface area contributed by atoms with E-state index in [0.29, 0.717) is 6.10 Å². The standard InChI is InChI=1S/C12H24N4O/c1-9(2)17-8-6-5-7-14-12-11(13)10(3)15-16(12)4/h9,14H,5-8,13H2,1-4H3. The summed E-state index contributed by atoms with van der Waals surface area (Å²) in [5.41, 5.74) is 7.53. The van der Waals surface area contributed by atoms with Crippen molar-refractivity contribution in [2.45, 2.75) is 39.7 Å². The zero-order chi connectivity index (χ0) is 12.8. The molecule has 1 heterocycles. The normalized spacial score (nSPS) is 11.1. The summed E-state index contributed by atoms with van der Waals surface area (Å²) in [6, 6.07) is 0. The number of anilines is 2. The van der Waals surface area contributed by atoms with Gasteiger partial charge in [-0.2, -0.15) is 5.10 Å². The first-order valence-corrected chi connectivity index (χ1v) is 6.17. The van der Waals surface area contributed by atoms with E-state index in [1.807, 2.05) is 14.0 Å². The summed E-state index contributed by atoms with van der Waals surface area (Å²) in [5.74, 6) is 0.910. The van der Waals surface area contributed by atoms with Gasteiger partial charge in [-0.25, -0.2) is 0 Å². The minimum absolute atomic E-state index is 0.318. The first kappa shape index (κ1) is 13.8. The minimum Gasteiger partial charge on any atom is -0.394 e. The summed E-state index contributed by atoms with van der Waals surface area (Å²) in [4.78, 5) is 0. The first-order chi connectivity index (χ1) is 8.02. The second-order valence-electron chi connectivity index (χ2n) is 4.52. The molecule has 0 fully saturated rings. The van der Waals surface area contributed by atoms with Crippen molar-refractivity contribution in [2.24, 2.45) is 7.05 Å². The Hall–Kier alpha value is -1.23. The molecule has 0 saturated heterocycles. The number of unbranched alkanes of at least 4 members (excludes halogenated alkanes) is 1. The lowest BCUT2D eigenvalue weighted by Crippen LogP contribution is -2.10. The fraction of sp³-hybridized carbons (Fsp3) is 0.750. The number of aromatic nitrogens is 2. The molecule has 0 bridgehead atoms. The predicted molar refractivity (Wildman–Crippen MR) is 71.2 cm³/mol. The Bertz CT molecular complexity index is 347. The molecular formula is C12H24N4O. The van der Waals surface area contributed by atoms with Gasteiger partial charge in [-0.1, -0.05) is 0 Å². The molecule has 0 aromatic carbocycles. The van der Waals surface area contributed by atoms with Gasteiger partial charge in [0.2, 0.25) is 0 Å². The summed E-state index contributed by atoms with van der Waals surface area (Å²) in [7, 11) is 1.90. The number of nitrogens with zero attached hydrogens (tertiary/aromatic N) is 2. The second-order valence-corrected chi connectivity index (χ2v) is 4.52. The van der Waals surface area contributed by atoms with Gasteiger partial charge in [-0.3, -0.25) is 4.68 Å². The van der Waals surface area contributed by atoms with Crippen molar-refractivity contribution < 1.29 is 4.74 Å². The van der Waals surface area contributed by atoms with E-state index in [2.05, 4.69) is 24.3 Å². The van der Waals surface area contributed by atoms with Crippen LogP contribution >= 0.6 is 0 Å². The van der Waals surface area contributed by atoms with Crippen molar-refractivity contribution in [1.82, 2.24) is 9.78 Å². The van der Waals surface area contributed by atoms with E-state index in [9.17, 15) is 0 Å². The van der Waals surface area contributed by atoms with Gasteiger partial charge in [0.05, 0.1) is 17.5 Å². The van der Waals surface area contributed by atoms with Crippen LogP contribution in [-0.2, 0) is 11.8 Å². The number of nitrogens with two attached hydrogens (primary N) is 1. The maximum absolute atomic E-state index is 5.91. The van der Waals surface area contributed by atoms with Crippen molar-refractivity contribution in [3.05, 3.63) is 5.69 Å². The topological polar surface area (TPSA) is 65.1 Å². The van der Waals surface area contributed by atoms with Crippen molar-refractivity contribution in [3.8, 4) is 0 Å². The maximum atomic E-state index is 5.91. The molecular weight excluding hydrogens is 216 g/mol. The highest BCUT2D eigenvalue weighted by Gasteiger charge is 2.08. The molecule has 5 nitrogen and oxygen atoms in total. The molecule has 0 unspecified atom stereocenters. The first-order valence-electron chi connectivity index (χ1n) is 6.17. The zero-order valence-electron chi connectivity index (χ0n) is 11.3. The van der Waals surface area contributed by atoms with Crippen LogP contribution in [-0.4, -0.2) is 29.0 Å². The van der Waals surface area contributed by atoms with Crippen molar-refractivity contribution in [1.29, 1.82) is 0 Å². The van der Waals surface area contributed by atoms with E-state index in [1.54, 1.807) is 4.68 Å². The van der Waals surface area contributed by atoms with Gasteiger partial charge in [-0.05, 0) is 33.6 Å². The van der Waals surface area contributed by atoms with E-state index in [1.165, 1.54) is 0 Å². The summed E-state index contributed by atoms with van der Waals surface area (Å²) < 4.78 is 7.26. The van der Waals surface area contributed by atoms with Crippen LogP contribution in [0.2, 0.25) is 0 Å². The quantitative estimate of drug-likeness (QED) is 0.715. The number of hydrogen-bond acceptors (Lipinski definition) is 4. The Labute approximate surface area is 103 Å². The average molecular weight is 240 g/mol. The molecule has 0 saturated carbocycles. The number of nitrogens with one attached hydrogen (secondary N) is 1. The molecule has 0 aliphatic heterocycles. The highest BCUT2D eigenvalue weighted by Crippen LogP contribution is 2.20. The molecule has 1 rings (SSSR count). The average Bonchev–Trinajstić information content (AvgIpc) is 2.48. The summed E-state index contributed by atoms with van der Waals surface area (Å²) in [6.45, 7) is 7.73. The number of rotatable bonds is 7. The van der Waals surface area contributed by atoms with E-state index in [4.69, 9.17) is 10.5 Å². The molecule has 0 aliphatic rings. The Morgan fingerprint density at radius 2 is 2.12 bits per heavy atom. The number of nitrogen functional groups attached to an aromatic ring is 1. The van der Waals surface area contributed by atoms with Gasteiger partial charge >= 0.3 is 0 Å². The molecule has 1 aromatic rings. The van der Waals surface area contributed by atoms with Crippen LogP contribution in [0.25, 0.3) is 0 Å². The molecule has 0 aliphatic carbocycles. The van der Waals surface area contributed by atoms with E-state index >= 15 is 0 Å². The van der Waals surface area contributed by atoms with Crippen LogP contribution in [0.5, 0.6) is 0 Å². The van der Waals surface area contributed by atoms with E-state index in [-0.39, 0.29) is 0 Å². The van der Waals surface area contributed by atoms with Crippen LogP contribution < -0.4 is 11.1 Å². The van der Waals surface area contributed by atoms with Gasteiger partial charge in [-0.15, -0.1) is 0 Å². The van der Waals surface area contributed by atoms with E-state index in [0.717, 1.165) is 43.2 Å². The summed E-state index contributed by atoms with van der Waals surface area (Å²) in [5, 5.41) is 7.56.